The molecule has 0 heterocycles. The number of hydrogen-bond acceptors (Lipinski definition) is 2. The van der Waals surface area contributed by atoms with Gasteiger partial charge in [0.05, 0.1) is 10.8 Å². The first-order valence-electron chi connectivity index (χ1n) is 6.37. The lowest BCUT2D eigenvalue weighted by Crippen LogP contribution is -2.64. The zero-order valence-corrected chi connectivity index (χ0v) is 9.98. The van der Waals surface area contributed by atoms with Crippen LogP contribution in [-0.2, 0) is 9.59 Å². The summed E-state index contributed by atoms with van der Waals surface area (Å²) in [4.78, 5) is 23.4. The van der Waals surface area contributed by atoms with Crippen LogP contribution < -0.4 is 0 Å². The first-order valence-corrected chi connectivity index (χ1v) is 6.37. The molecule has 4 heteroatoms. The Kier molecular flexibility index (Phi) is 1.97. The van der Waals surface area contributed by atoms with Gasteiger partial charge in [0.15, 0.2) is 0 Å². The van der Waals surface area contributed by atoms with Crippen molar-refractivity contribution in [1.29, 1.82) is 0 Å². The molecule has 3 unspecified atom stereocenters. The fourth-order valence-electron chi connectivity index (χ4n) is 5.03. The molecular weight excluding hydrogens is 220 g/mol. The summed E-state index contributed by atoms with van der Waals surface area (Å²) in [7, 11) is 0. The van der Waals surface area contributed by atoms with Gasteiger partial charge in [-0.2, -0.15) is 0 Å². The van der Waals surface area contributed by atoms with E-state index in [2.05, 4.69) is 0 Å². The van der Waals surface area contributed by atoms with E-state index in [1.54, 1.807) is 6.92 Å². The Morgan fingerprint density at radius 2 is 1.53 bits per heavy atom. The smallest absolute Gasteiger partial charge is 0.310 e. The predicted molar refractivity (Wildman–Crippen MR) is 59.4 cm³/mol. The zero-order chi connectivity index (χ0) is 12.4. The van der Waals surface area contributed by atoms with Gasteiger partial charge < -0.3 is 10.2 Å². The van der Waals surface area contributed by atoms with Crippen molar-refractivity contribution < 1.29 is 19.8 Å². The van der Waals surface area contributed by atoms with E-state index in [-0.39, 0.29) is 5.92 Å². The molecule has 4 bridgehead atoms. The predicted octanol–water partition coefficient (Wildman–Crippen LogP) is 1.99. The van der Waals surface area contributed by atoms with Gasteiger partial charge in [-0.3, -0.25) is 9.59 Å². The largest absolute Gasteiger partial charge is 0.481 e. The molecule has 3 atom stereocenters. The van der Waals surface area contributed by atoms with Crippen LogP contribution in [0.5, 0.6) is 0 Å². The molecule has 0 aromatic carbocycles. The Hall–Kier alpha value is -1.06. The maximum atomic E-state index is 11.7. The lowest BCUT2D eigenvalue weighted by molar-refractivity contribution is -0.212. The summed E-state index contributed by atoms with van der Waals surface area (Å²) in [5.74, 6) is -0.861. The van der Waals surface area contributed by atoms with E-state index in [0.717, 1.165) is 19.3 Å². The summed E-state index contributed by atoms with van der Waals surface area (Å²) >= 11 is 0. The van der Waals surface area contributed by atoms with Crippen LogP contribution in [0, 0.1) is 28.6 Å². The van der Waals surface area contributed by atoms with Crippen molar-refractivity contribution in [3.63, 3.8) is 0 Å². The number of hydrogen-bond donors (Lipinski definition) is 2. The molecule has 0 saturated heterocycles. The summed E-state index contributed by atoms with van der Waals surface area (Å²) < 4.78 is 0. The van der Waals surface area contributed by atoms with Crippen molar-refractivity contribution in [1.82, 2.24) is 0 Å². The summed E-state index contributed by atoms with van der Waals surface area (Å²) in [6, 6.07) is 0. The quantitative estimate of drug-likeness (QED) is 0.771. The molecular formula is C13H18O4. The second-order valence-electron chi connectivity index (χ2n) is 6.44. The monoisotopic (exact) mass is 238 g/mol. The van der Waals surface area contributed by atoms with Crippen molar-refractivity contribution in [2.75, 3.05) is 0 Å². The highest BCUT2D eigenvalue weighted by molar-refractivity contribution is 5.87. The highest BCUT2D eigenvalue weighted by Crippen LogP contribution is 2.68. The Morgan fingerprint density at radius 1 is 1.00 bits per heavy atom. The Bertz CT molecular complexity index is 388. The van der Waals surface area contributed by atoms with E-state index in [4.69, 9.17) is 0 Å². The molecule has 0 aliphatic heterocycles. The van der Waals surface area contributed by atoms with Gasteiger partial charge in [-0.05, 0) is 56.8 Å². The van der Waals surface area contributed by atoms with E-state index in [1.165, 1.54) is 0 Å². The van der Waals surface area contributed by atoms with Crippen LogP contribution in [0.25, 0.3) is 0 Å². The molecule has 4 aliphatic rings. The van der Waals surface area contributed by atoms with Gasteiger partial charge in [0.2, 0.25) is 0 Å². The van der Waals surface area contributed by atoms with Crippen molar-refractivity contribution in [2.24, 2.45) is 28.6 Å². The molecule has 0 aromatic heterocycles. The van der Waals surface area contributed by atoms with E-state index >= 15 is 0 Å². The Balaban J connectivity index is 2.14. The molecule has 4 rings (SSSR count). The number of carbonyl (C=O) groups is 2. The van der Waals surface area contributed by atoms with Crippen LogP contribution >= 0.6 is 0 Å². The van der Waals surface area contributed by atoms with E-state index in [1.807, 2.05) is 0 Å². The van der Waals surface area contributed by atoms with Gasteiger partial charge >= 0.3 is 11.9 Å². The summed E-state index contributed by atoms with van der Waals surface area (Å²) in [5, 5.41) is 19.2. The van der Waals surface area contributed by atoms with Crippen LogP contribution in [0.15, 0.2) is 0 Å². The molecule has 4 aliphatic carbocycles. The molecule has 0 radical (unpaired) electrons. The SMILES string of the molecule is CC1(C(=O)O)C2CC3CC(C2)CC1(C(=O)O)C3. The second kappa shape index (κ2) is 3.03. The lowest BCUT2D eigenvalue weighted by Gasteiger charge is -2.62. The van der Waals surface area contributed by atoms with Crippen LogP contribution in [0.1, 0.15) is 39.0 Å². The summed E-state index contributed by atoms with van der Waals surface area (Å²) in [6.45, 7) is 1.67. The highest BCUT2D eigenvalue weighted by atomic mass is 16.4. The first-order chi connectivity index (χ1) is 7.90. The molecule has 4 nitrogen and oxygen atoms in total. The average molecular weight is 238 g/mol. The fraction of sp³-hybridized carbons (Fsp3) is 0.846. The van der Waals surface area contributed by atoms with Gasteiger partial charge in [-0.1, -0.05) is 0 Å². The molecule has 94 valence electrons. The third kappa shape index (κ3) is 1.09. The number of rotatable bonds is 2. The van der Waals surface area contributed by atoms with E-state index < -0.39 is 22.8 Å². The zero-order valence-electron chi connectivity index (χ0n) is 9.98. The maximum Gasteiger partial charge on any atom is 0.310 e. The molecule has 0 amide bonds. The van der Waals surface area contributed by atoms with Crippen molar-refractivity contribution in [3.8, 4) is 0 Å². The first kappa shape index (κ1) is 11.1. The minimum Gasteiger partial charge on any atom is -0.481 e. The maximum absolute atomic E-state index is 11.7. The average Bonchev–Trinajstić information content (AvgIpc) is 2.23. The molecule has 2 N–H and O–H groups in total. The van der Waals surface area contributed by atoms with Gasteiger partial charge in [0, 0.05) is 0 Å². The van der Waals surface area contributed by atoms with Crippen LogP contribution in [0.3, 0.4) is 0 Å². The van der Waals surface area contributed by atoms with E-state index in [0.29, 0.717) is 24.7 Å². The second-order valence-corrected chi connectivity index (χ2v) is 6.44. The lowest BCUT2D eigenvalue weighted by atomic mass is 9.39. The molecule has 0 spiro atoms. The van der Waals surface area contributed by atoms with E-state index in [9.17, 15) is 19.8 Å². The molecule has 4 fully saturated rings. The minimum atomic E-state index is -1.06. The third-order valence-corrected chi connectivity index (χ3v) is 5.84. The van der Waals surface area contributed by atoms with Crippen molar-refractivity contribution >= 4 is 11.9 Å². The van der Waals surface area contributed by atoms with Gasteiger partial charge in [0.1, 0.15) is 0 Å². The van der Waals surface area contributed by atoms with Crippen LogP contribution in [0.4, 0.5) is 0 Å². The topological polar surface area (TPSA) is 74.6 Å². The molecule has 4 saturated carbocycles. The normalized spacial score (nSPS) is 51.5. The number of carboxylic acids is 2. The molecule has 0 aromatic rings. The number of carboxylic acid groups (broad SMARTS) is 2. The summed E-state index contributed by atoms with van der Waals surface area (Å²) in [6.07, 6.45) is 4.07. The third-order valence-electron chi connectivity index (χ3n) is 5.84. The van der Waals surface area contributed by atoms with Gasteiger partial charge in [-0.25, -0.2) is 0 Å². The standard InChI is InChI=1S/C13H18O4/c1-12(10(14)15)9-3-7-2-8(4-9)6-13(12,5-7)11(16)17/h7-9H,2-6H2,1H3,(H,14,15)(H,16,17). The fourth-order valence-corrected chi connectivity index (χ4v) is 5.03. The minimum absolute atomic E-state index is 0.0577. The van der Waals surface area contributed by atoms with Gasteiger partial charge in [0.25, 0.3) is 0 Å². The van der Waals surface area contributed by atoms with Crippen LogP contribution in [-0.4, -0.2) is 22.2 Å². The Morgan fingerprint density at radius 3 is 1.94 bits per heavy atom. The highest BCUT2D eigenvalue weighted by Gasteiger charge is 2.70. The number of aliphatic carboxylic acids is 2. The molecule has 17 heavy (non-hydrogen) atoms. The Labute approximate surface area is 100 Å². The van der Waals surface area contributed by atoms with Crippen molar-refractivity contribution in [2.45, 2.75) is 39.0 Å². The van der Waals surface area contributed by atoms with Crippen LogP contribution in [0.2, 0.25) is 0 Å². The van der Waals surface area contributed by atoms with Crippen molar-refractivity contribution in [3.05, 3.63) is 0 Å². The summed E-state index contributed by atoms with van der Waals surface area (Å²) in [5.41, 5.74) is -2.07. The van der Waals surface area contributed by atoms with Gasteiger partial charge in [-0.15, -0.1) is 0 Å².